The molecule has 11 heavy (non-hydrogen) atoms. The van der Waals surface area contributed by atoms with Crippen molar-refractivity contribution in [3.8, 4) is 0 Å². The number of nitrogens with one attached hydrogen (secondary N) is 1. The summed E-state index contributed by atoms with van der Waals surface area (Å²) in [6.45, 7) is 0. The second kappa shape index (κ2) is 3.53. The Hall–Kier alpha value is -0.110. The average molecular weight is 264 g/mol. The molecule has 0 aliphatic carbocycles. The minimum atomic E-state index is -4.18. The normalized spacial score (nSPS) is 10.7. The van der Waals surface area contributed by atoms with Gasteiger partial charge in [-0.15, -0.1) is 12.4 Å². The van der Waals surface area contributed by atoms with Gasteiger partial charge in [0.2, 0.25) is 5.03 Å². The van der Waals surface area contributed by atoms with E-state index in [4.69, 9.17) is 4.55 Å². The SMILES string of the molecule is Cl.O=S(=O)(O)c1nc[nH]c1Br. The molecule has 1 heterocycles. The third kappa shape index (κ3) is 2.44. The molecule has 0 spiro atoms. The Kier molecular flexibility index (Phi) is 3.49. The number of nitrogens with zero attached hydrogens (tertiary/aromatic N) is 1. The summed E-state index contributed by atoms with van der Waals surface area (Å²) in [6.07, 6.45) is 1.16. The van der Waals surface area contributed by atoms with Gasteiger partial charge in [-0.1, -0.05) is 0 Å². The number of aromatic amines is 1. The van der Waals surface area contributed by atoms with Crippen LogP contribution in [0.1, 0.15) is 0 Å². The van der Waals surface area contributed by atoms with Crippen LogP contribution in [0.4, 0.5) is 0 Å². The van der Waals surface area contributed by atoms with Gasteiger partial charge in [-0.2, -0.15) is 8.42 Å². The summed E-state index contributed by atoms with van der Waals surface area (Å²) in [6, 6.07) is 0. The molecule has 64 valence electrons. The van der Waals surface area contributed by atoms with Crippen LogP contribution in [0.5, 0.6) is 0 Å². The molecule has 0 saturated heterocycles. The highest BCUT2D eigenvalue weighted by atomic mass is 79.9. The molecule has 1 rings (SSSR count). The van der Waals surface area contributed by atoms with Crippen molar-refractivity contribution in [3.05, 3.63) is 10.9 Å². The smallest absolute Gasteiger partial charge is 0.314 e. The minimum Gasteiger partial charge on any atom is -0.338 e. The van der Waals surface area contributed by atoms with Gasteiger partial charge in [-0.3, -0.25) is 4.55 Å². The minimum absolute atomic E-state index is 0. The molecule has 0 bridgehead atoms. The summed E-state index contributed by atoms with van der Waals surface area (Å²) in [5.74, 6) is 0. The molecular formula is C3H4BrClN2O3S. The van der Waals surface area contributed by atoms with Crippen LogP contribution in [0.25, 0.3) is 0 Å². The van der Waals surface area contributed by atoms with Gasteiger partial charge in [-0.05, 0) is 15.9 Å². The maximum absolute atomic E-state index is 10.4. The van der Waals surface area contributed by atoms with Crippen molar-refractivity contribution in [1.29, 1.82) is 0 Å². The average Bonchev–Trinajstić information content (AvgIpc) is 2.11. The van der Waals surface area contributed by atoms with Crippen molar-refractivity contribution in [1.82, 2.24) is 9.97 Å². The number of halogens is 2. The van der Waals surface area contributed by atoms with Gasteiger partial charge in [0.1, 0.15) is 4.60 Å². The highest BCUT2D eigenvalue weighted by molar-refractivity contribution is 9.10. The maximum Gasteiger partial charge on any atom is 0.314 e. The molecule has 0 aliphatic rings. The first-order valence-corrected chi connectivity index (χ1v) is 4.41. The van der Waals surface area contributed by atoms with Crippen LogP contribution in [0.15, 0.2) is 16.0 Å². The topological polar surface area (TPSA) is 83.1 Å². The Bertz CT molecular complexity index is 334. The molecule has 0 amide bonds. The fourth-order valence-corrected chi connectivity index (χ4v) is 1.74. The highest BCUT2D eigenvalue weighted by Crippen LogP contribution is 2.15. The molecular weight excluding hydrogens is 259 g/mol. The first-order chi connectivity index (χ1) is 4.52. The van der Waals surface area contributed by atoms with Crippen LogP contribution < -0.4 is 0 Å². The van der Waals surface area contributed by atoms with Crippen molar-refractivity contribution < 1.29 is 13.0 Å². The summed E-state index contributed by atoms with van der Waals surface area (Å²) in [4.78, 5) is 5.79. The van der Waals surface area contributed by atoms with Crippen molar-refractivity contribution in [2.45, 2.75) is 5.03 Å². The molecule has 1 aromatic rings. The molecule has 5 nitrogen and oxygen atoms in total. The van der Waals surface area contributed by atoms with Gasteiger partial charge in [0.15, 0.2) is 0 Å². The molecule has 0 atom stereocenters. The summed E-state index contributed by atoms with van der Waals surface area (Å²) in [5, 5.41) is -0.396. The lowest BCUT2D eigenvalue weighted by molar-refractivity contribution is 0.479. The van der Waals surface area contributed by atoms with E-state index in [-0.39, 0.29) is 17.0 Å². The molecule has 0 radical (unpaired) electrons. The zero-order valence-corrected chi connectivity index (χ0v) is 8.20. The fourth-order valence-electron chi connectivity index (χ4n) is 0.446. The lowest BCUT2D eigenvalue weighted by Crippen LogP contribution is -1.98. The van der Waals surface area contributed by atoms with E-state index < -0.39 is 15.1 Å². The standard InChI is InChI=1S/C3H3BrN2O3S.ClH/c4-2-3(6-1-5-2)10(7,8)9;/h1H,(H,5,6)(H,7,8,9);1H. The van der Waals surface area contributed by atoms with Crippen LogP contribution in [-0.2, 0) is 10.1 Å². The van der Waals surface area contributed by atoms with Crippen LogP contribution in [0.3, 0.4) is 0 Å². The molecule has 2 N–H and O–H groups in total. The number of rotatable bonds is 1. The Morgan fingerprint density at radius 2 is 2.18 bits per heavy atom. The first kappa shape index (κ1) is 10.9. The van der Waals surface area contributed by atoms with Gasteiger partial charge < -0.3 is 4.98 Å². The predicted octanol–water partition coefficient (Wildman–Crippen LogP) is 0.841. The zero-order chi connectivity index (χ0) is 7.78. The lowest BCUT2D eigenvalue weighted by Gasteiger charge is -1.87. The van der Waals surface area contributed by atoms with E-state index in [1.54, 1.807) is 0 Å². The zero-order valence-electron chi connectivity index (χ0n) is 4.98. The molecule has 0 aromatic carbocycles. The van der Waals surface area contributed by atoms with E-state index in [2.05, 4.69) is 25.9 Å². The Labute approximate surface area is 77.5 Å². The molecule has 0 aliphatic heterocycles. The quantitative estimate of drug-likeness (QED) is 0.736. The second-order valence-corrected chi connectivity index (χ2v) is 3.63. The van der Waals surface area contributed by atoms with Crippen molar-refractivity contribution in [3.63, 3.8) is 0 Å². The van der Waals surface area contributed by atoms with Crippen molar-refractivity contribution in [2.75, 3.05) is 0 Å². The van der Waals surface area contributed by atoms with Crippen molar-refractivity contribution in [2.24, 2.45) is 0 Å². The number of H-pyrrole nitrogens is 1. The molecule has 0 saturated carbocycles. The summed E-state index contributed by atoms with van der Waals surface area (Å²) in [7, 11) is -4.18. The van der Waals surface area contributed by atoms with E-state index in [1.165, 1.54) is 0 Å². The lowest BCUT2D eigenvalue weighted by atomic mass is 10.9. The summed E-state index contributed by atoms with van der Waals surface area (Å²) in [5.41, 5.74) is 0. The molecule has 1 aromatic heterocycles. The van der Waals surface area contributed by atoms with E-state index >= 15 is 0 Å². The van der Waals surface area contributed by atoms with E-state index in [0.717, 1.165) is 6.33 Å². The Balaban J connectivity index is 0.000001000. The van der Waals surface area contributed by atoms with Gasteiger partial charge in [-0.25, -0.2) is 4.98 Å². The van der Waals surface area contributed by atoms with Gasteiger partial charge in [0.25, 0.3) is 0 Å². The van der Waals surface area contributed by atoms with Crippen LogP contribution >= 0.6 is 28.3 Å². The first-order valence-electron chi connectivity index (χ1n) is 2.18. The second-order valence-electron chi connectivity index (χ2n) is 1.50. The summed E-state index contributed by atoms with van der Waals surface area (Å²) >= 11 is 2.84. The van der Waals surface area contributed by atoms with Crippen LogP contribution in [-0.4, -0.2) is 22.9 Å². The third-order valence-electron chi connectivity index (χ3n) is 0.805. The van der Waals surface area contributed by atoms with Gasteiger partial charge in [0.05, 0.1) is 6.33 Å². The van der Waals surface area contributed by atoms with E-state index in [1.807, 2.05) is 0 Å². The number of aromatic nitrogens is 2. The van der Waals surface area contributed by atoms with Crippen molar-refractivity contribution >= 4 is 38.5 Å². The van der Waals surface area contributed by atoms with Gasteiger partial charge in [0, 0.05) is 0 Å². The van der Waals surface area contributed by atoms with E-state index in [9.17, 15) is 8.42 Å². The largest absolute Gasteiger partial charge is 0.338 e. The maximum atomic E-state index is 10.4. The molecule has 8 heteroatoms. The molecule has 0 fully saturated rings. The fraction of sp³-hybridized carbons (Fsp3) is 0. The predicted molar refractivity (Wildman–Crippen MR) is 43.4 cm³/mol. The van der Waals surface area contributed by atoms with E-state index in [0.29, 0.717) is 0 Å². The van der Waals surface area contributed by atoms with Gasteiger partial charge >= 0.3 is 10.1 Å². The number of imidazole rings is 1. The number of hydrogen-bond donors (Lipinski definition) is 2. The third-order valence-corrected chi connectivity index (χ3v) is 2.47. The van der Waals surface area contributed by atoms with Crippen LogP contribution in [0.2, 0.25) is 0 Å². The number of hydrogen-bond acceptors (Lipinski definition) is 3. The summed E-state index contributed by atoms with van der Waals surface area (Å²) < 4.78 is 29.3. The van der Waals surface area contributed by atoms with Crippen LogP contribution in [0, 0.1) is 0 Å². The highest BCUT2D eigenvalue weighted by Gasteiger charge is 2.15. The monoisotopic (exact) mass is 262 g/mol. The Morgan fingerprint density at radius 3 is 2.36 bits per heavy atom. The Morgan fingerprint density at radius 1 is 1.64 bits per heavy atom. The molecule has 0 unspecified atom stereocenters.